The third-order valence-corrected chi connectivity index (χ3v) is 4.59. The lowest BCUT2D eigenvalue weighted by molar-refractivity contribution is 0.435. The molecule has 0 bridgehead atoms. The van der Waals surface area contributed by atoms with E-state index in [1.54, 1.807) is 18.6 Å². The molecule has 0 unspecified atom stereocenters. The van der Waals surface area contributed by atoms with Gasteiger partial charge in [-0.1, -0.05) is 43.2 Å². The van der Waals surface area contributed by atoms with Gasteiger partial charge in [0.25, 0.3) is 0 Å². The molecular formula is C17H20N4S. The van der Waals surface area contributed by atoms with E-state index in [0.29, 0.717) is 10.9 Å². The van der Waals surface area contributed by atoms with Crippen LogP contribution in [0.25, 0.3) is 0 Å². The summed E-state index contributed by atoms with van der Waals surface area (Å²) in [4.78, 5) is 8.20. The van der Waals surface area contributed by atoms with E-state index in [9.17, 15) is 0 Å². The lowest BCUT2D eigenvalue weighted by Gasteiger charge is -2.30. The van der Waals surface area contributed by atoms with Crippen LogP contribution in [0.4, 0.5) is 5.82 Å². The minimum absolute atomic E-state index is 0.190. The molecule has 22 heavy (non-hydrogen) atoms. The van der Waals surface area contributed by atoms with Gasteiger partial charge in [0, 0.05) is 24.4 Å². The van der Waals surface area contributed by atoms with Crippen molar-refractivity contribution in [2.45, 2.75) is 31.1 Å². The van der Waals surface area contributed by atoms with E-state index < -0.39 is 0 Å². The summed E-state index contributed by atoms with van der Waals surface area (Å²) in [6.07, 6.45) is 9.92. The second kappa shape index (κ2) is 6.83. The number of thiocarbonyl (C=S) groups is 1. The van der Waals surface area contributed by atoms with Gasteiger partial charge < -0.3 is 10.6 Å². The highest BCUT2D eigenvalue weighted by molar-refractivity contribution is 7.80. The van der Waals surface area contributed by atoms with Crippen molar-refractivity contribution in [3.8, 4) is 0 Å². The van der Waals surface area contributed by atoms with Gasteiger partial charge in [-0.15, -0.1) is 0 Å². The SMILES string of the molecule is S=C(NCC1(c2ccccc2)CCCC1)Nc1cnccn1. The molecule has 1 heterocycles. The molecule has 2 aromatic rings. The normalized spacial score (nSPS) is 16.2. The van der Waals surface area contributed by atoms with Crippen molar-refractivity contribution in [3.05, 3.63) is 54.5 Å². The monoisotopic (exact) mass is 312 g/mol. The second-order valence-corrected chi connectivity index (χ2v) is 6.16. The summed E-state index contributed by atoms with van der Waals surface area (Å²) in [7, 11) is 0. The molecule has 3 rings (SSSR count). The molecule has 5 heteroatoms. The average molecular weight is 312 g/mol. The molecule has 114 valence electrons. The van der Waals surface area contributed by atoms with Crippen LogP contribution < -0.4 is 10.6 Å². The van der Waals surface area contributed by atoms with Crippen LogP contribution in [0.2, 0.25) is 0 Å². The van der Waals surface area contributed by atoms with Gasteiger partial charge in [-0.2, -0.15) is 0 Å². The van der Waals surface area contributed by atoms with Gasteiger partial charge in [0.05, 0.1) is 6.20 Å². The van der Waals surface area contributed by atoms with E-state index in [1.165, 1.54) is 31.2 Å². The highest BCUT2D eigenvalue weighted by Gasteiger charge is 2.35. The summed E-state index contributed by atoms with van der Waals surface area (Å²) in [6, 6.07) is 10.8. The smallest absolute Gasteiger partial charge is 0.172 e. The van der Waals surface area contributed by atoms with Crippen LogP contribution in [0.1, 0.15) is 31.2 Å². The Labute approximate surface area is 136 Å². The summed E-state index contributed by atoms with van der Waals surface area (Å²) in [5, 5.41) is 7.05. The lowest BCUT2D eigenvalue weighted by Crippen LogP contribution is -2.40. The zero-order valence-corrected chi connectivity index (χ0v) is 13.3. The van der Waals surface area contributed by atoms with E-state index in [4.69, 9.17) is 12.2 Å². The van der Waals surface area contributed by atoms with E-state index in [-0.39, 0.29) is 5.41 Å². The third-order valence-electron chi connectivity index (χ3n) is 4.34. The highest BCUT2D eigenvalue weighted by Crippen LogP contribution is 2.40. The Morgan fingerprint density at radius 2 is 1.91 bits per heavy atom. The summed E-state index contributed by atoms with van der Waals surface area (Å²) in [6.45, 7) is 0.850. The standard InChI is InChI=1S/C17H20N4S/c22-16(21-15-12-18-10-11-19-15)20-13-17(8-4-5-9-17)14-6-2-1-3-7-14/h1-3,6-7,10-12H,4-5,8-9,13H2,(H2,19,20,21,22). The van der Waals surface area contributed by atoms with Crippen LogP contribution in [-0.4, -0.2) is 21.6 Å². The number of hydrogen-bond donors (Lipinski definition) is 2. The Balaban J connectivity index is 1.64. The molecule has 0 spiro atoms. The van der Waals surface area contributed by atoms with E-state index in [0.717, 1.165) is 6.54 Å². The predicted octanol–water partition coefficient (Wildman–Crippen LogP) is 3.28. The summed E-state index contributed by atoms with van der Waals surface area (Å²) >= 11 is 5.38. The van der Waals surface area contributed by atoms with Crippen molar-refractivity contribution >= 4 is 23.1 Å². The number of hydrogen-bond acceptors (Lipinski definition) is 3. The first-order valence-electron chi connectivity index (χ1n) is 7.65. The Morgan fingerprint density at radius 1 is 1.14 bits per heavy atom. The first-order valence-corrected chi connectivity index (χ1v) is 8.06. The molecule has 1 aliphatic rings. The van der Waals surface area contributed by atoms with Gasteiger partial charge in [0.2, 0.25) is 0 Å². The zero-order chi connectivity index (χ0) is 15.3. The Bertz CT molecular complexity index is 609. The molecular weight excluding hydrogens is 292 g/mol. The molecule has 1 aromatic carbocycles. The fourth-order valence-corrected chi connectivity index (χ4v) is 3.36. The molecule has 1 aromatic heterocycles. The van der Waals surface area contributed by atoms with E-state index >= 15 is 0 Å². The fourth-order valence-electron chi connectivity index (χ4n) is 3.18. The largest absolute Gasteiger partial charge is 0.362 e. The second-order valence-electron chi connectivity index (χ2n) is 5.75. The molecule has 1 aliphatic carbocycles. The summed E-state index contributed by atoms with van der Waals surface area (Å²) in [5.74, 6) is 0.667. The van der Waals surface area contributed by atoms with Crippen LogP contribution in [-0.2, 0) is 5.41 Å². The molecule has 0 atom stereocenters. The van der Waals surface area contributed by atoms with Crippen LogP contribution in [0, 0.1) is 0 Å². The Hall–Kier alpha value is -2.01. The van der Waals surface area contributed by atoms with Crippen molar-refractivity contribution in [2.24, 2.45) is 0 Å². The van der Waals surface area contributed by atoms with Gasteiger partial charge >= 0.3 is 0 Å². The molecule has 0 aliphatic heterocycles. The molecule has 4 nitrogen and oxygen atoms in total. The van der Waals surface area contributed by atoms with Crippen molar-refractivity contribution in [1.82, 2.24) is 15.3 Å². The fraction of sp³-hybridized carbons (Fsp3) is 0.353. The quantitative estimate of drug-likeness (QED) is 0.849. The van der Waals surface area contributed by atoms with Crippen LogP contribution in [0.5, 0.6) is 0 Å². The summed E-state index contributed by atoms with van der Waals surface area (Å²) in [5.41, 5.74) is 1.59. The van der Waals surface area contributed by atoms with Crippen LogP contribution in [0.3, 0.4) is 0 Å². The van der Waals surface area contributed by atoms with Crippen LogP contribution in [0.15, 0.2) is 48.9 Å². The zero-order valence-electron chi connectivity index (χ0n) is 12.5. The third kappa shape index (κ3) is 3.42. The Morgan fingerprint density at radius 3 is 2.59 bits per heavy atom. The minimum atomic E-state index is 0.190. The Kier molecular flexibility index (Phi) is 4.63. The molecule has 0 saturated heterocycles. The number of aromatic nitrogens is 2. The lowest BCUT2D eigenvalue weighted by atomic mass is 9.79. The van der Waals surface area contributed by atoms with Crippen molar-refractivity contribution in [3.63, 3.8) is 0 Å². The molecule has 1 fully saturated rings. The van der Waals surface area contributed by atoms with Gasteiger partial charge in [-0.3, -0.25) is 4.98 Å². The number of nitrogens with zero attached hydrogens (tertiary/aromatic N) is 2. The maximum Gasteiger partial charge on any atom is 0.172 e. The number of benzene rings is 1. The van der Waals surface area contributed by atoms with Gasteiger partial charge in [-0.25, -0.2) is 4.98 Å². The minimum Gasteiger partial charge on any atom is -0.362 e. The number of nitrogens with one attached hydrogen (secondary N) is 2. The number of rotatable bonds is 4. The van der Waals surface area contributed by atoms with E-state index in [1.807, 2.05) is 0 Å². The first-order chi connectivity index (χ1) is 10.8. The topological polar surface area (TPSA) is 49.8 Å². The summed E-state index contributed by atoms with van der Waals surface area (Å²) < 4.78 is 0. The van der Waals surface area contributed by atoms with Crippen molar-refractivity contribution < 1.29 is 0 Å². The molecule has 1 saturated carbocycles. The first kappa shape index (κ1) is 14.9. The average Bonchev–Trinajstić information content (AvgIpc) is 3.05. The molecule has 2 N–H and O–H groups in total. The molecule has 0 radical (unpaired) electrons. The van der Waals surface area contributed by atoms with Crippen molar-refractivity contribution in [2.75, 3.05) is 11.9 Å². The van der Waals surface area contributed by atoms with Crippen LogP contribution >= 0.6 is 12.2 Å². The predicted molar refractivity (Wildman–Crippen MR) is 92.8 cm³/mol. The maximum atomic E-state index is 5.38. The molecule has 0 amide bonds. The van der Waals surface area contributed by atoms with E-state index in [2.05, 4.69) is 50.9 Å². The highest BCUT2D eigenvalue weighted by atomic mass is 32.1. The maximum absolute atomic E-state index is 5.38. The van der Waals surface area contributed by atoms with Gasteiger partial charge in [0.1, 0.15) is 0 Å². The van der Waals surface area contributed by atoms with Gasteiger partial charge in [0.15, 0.2) is 10.9 Å². The van der Waals surface area contributed by atoms with Crippen molar-refractivity contribution in [1.29, 1.82) is 0 Å². The van der Waals surface area contributed by atoms with Gasteiger partial charge in [-0.05, 0) is 30.6 Å². The number of anilines is 1.